The SMILES string of the molecule is CCC(CC(=O)O)c1cnc(N(CC)C2CCOCC2)c([N+](=O)[O-])c1. The lowest BCUT2D eigenvalue weighted by molar-refractivity contribution is -0.384. The maximum Gasteiger partial charge on any atom is 0.311 e. The molecule has 8 heteroatoms. The summed E-state index contributed by atoms with van der Waals surface area (Å²) in [6.45, 7) is 5.72. The van der Waals surface area contributed by atoms with Crippen molar-refractivity contribution in [1.82, 2.24) is 4.98 Å². The van der Waals surface area contributed by atoms with Gasteiger partial charge in [-0.25, -0.2) is 4.98 Å². The predicted molar refractivity (Wildman–Crippen MR) is 93.0 cm³/mol. The molecule has 1 N–H and O–H groups in total. The van der Waals surface area contributed by atoms with E-state index in [4.69, 9.17) is 9.84 Å². The molecule has 2 rings (SSSR count). The molecule has 0 bridgehead atoms. The molecule has 0 saturated carbocycles. The summed E-state index contributed by atoms with van der Waals surface area (Å²) in [5.41, 5.74) is 0.540. The van der Waals surface area contributed by atoms with Gasteiger partial charge in [0.25, 0.3) is 0 Å². The van der Waals surface area contributed by atoms with Crippen LogP contribution in [0.25, 0.3) is 0 Å². The third-order valence-corrected chi connectivity index (χ3v) is 4.69. The third-order valence-electron chi connectivity index (χ3n) is 4.69. The van der Waals surface area contributed by atoms with Gasteiger partial charge in [-0.1, -0.05) is 6.92 Å². The number of ether oxygens (including phenoxy) is 1. The van der Waals surface area contributed by atoms with Crippen LogP contribution in [-0.2, 0) is 9.53 Å². The minimum absolute atomic E-state index is 0.0605. The van der Waals surface area contributed by atoms with Gasteiger partial charge in [0.15, 0.2) is 0 Å². The van der Waals surface area contributed by atoms with Crippen molar-refractivity contribution >= 4 is 17.5 Å². The van der Waals surface area contributed by atoms with Crippen LogP contribution in [0.3, 0.4) is 0 Å². The summed E-state index contributed by atoms with van der Waals surface area (Å²) in [6.07, 6.45) is 3.73. The zero-order chi connectivity index (χ0) is 18.4. The van der Waals surface area contributed by atoms with E-state index in [1.165, 1.54) is 6.07 Å². The summed E-state index contributed by atoms with van der Waals surface area (Å²) >= 11 is 0. The first kappa shape index (κ1) is 19.1. The summed E-state index contributed by atoms with van der Waals surface area (Å²) in [6, 6.07) is 1.65. The summed E-state index contributed by atoms with van der Waals surface area (Å²) in [5, 5.41) is 20.6. The molecule has 1 unspecified atom stereocenters. The van der Waals surface area contributed by atoms with Crippen LogP contribution in [0.1, 0.15) is 51.0 Å². The minimum Gasteiger partial charge on any atom is -0.481 e. The van der Waals surface area contributed by atoms with Crippen molar-refractivity contribution in [3.63, 3.8) is 0 Å². The van der Waals surface area contributed by atoms with Crippen LogP contribution in [0.5, 0.6) is 0 Å². The molecule has 138 valence electrons. The van der Waals surface area contributed by atoms with Crippen LogP contribution in [0, 0.1) is 10.1 Å². The van der Waals surface area contributed by atoms with Crippen LogP contribution >= 0.6 is 0 Å². The number of pyridine rings is 1. The molecule has 8 nitrogen and oxygen atoms in total. The second kappa shape index (κ2) is 8.75. The van der Waals surface area contributed by atoms with Gasteiger partial charge < -0.3 is 14.7 Å². The Hall–Kier alpha value is -2.22. The Kier molecular flexibility index (Phi) is 6.69. The first-order valence-corrected chi connectivity index (χ1v) is 8.68. The molecule has 0 aliphatic carbocycles. The minimum atomic E-state index is -0.920. The van der Waals surface area contributed by atoms with Crippen LogP contribution < -0.4 is 4.90 Å². The van der Waals surface area contributed by atoms with Gasteiger partial charge in [-0.05, 0) is 37.7 Å². The van der Waals surface area contributed by atoms with E-state index in [0.717, 1.165) is 12.8 Å². The Bertz CT molecular complexity index is 616. The molecule has 1 aliphatic heterocycles. The first-order chi connectivity index (χ1) is 12.0. The molecule has 2 heterocycles. The lowest BCUT2D eigenvalue weighted by atomic mass is 9.94. The molecule has 1 saturated heterocycles. The average Bonchev–Trinajstić information content (AvgIpc) is 2.61. The van der Waals surface area contributed by atoms with Crippen LogP contribution in [-0.4, -0.2) is 46.8 Å². The van der Waals surface area contributed by atoms with Gasteiger partial charge in [-0.3, -0.25) is 14.9 Å². The highest BCUT2D eigenvalue weighted by Crippen LogP contribution is 2.33. The van der Waals surface area contributed by atoms with Gasteiger partial charge in [0.1, 0.15) is 0 Å². The number of aromatic nitrogens is 1. The van der Waals surface area contributed by atoms with Crippen LogP contribution in [0.2, 0.25) is 0 Å². The van der Waals surface area contributed by atoms with Crippen molar-refractivity contribution in [3.05, 3.63) is 27.9 Å². The van der Waals surface area contributed by atoms with Gasteiger partial charge >= 0.3 is 11.7 Å². The lowest BCUT2D eigenvalue weighted by Crippen LogP contribution is -2.40. The fraction of sp³-hybridized carbons (Fsp3) is 0.647. The van der Waals surface area contributed by atoms with E-state index in [1.54, 1.807) is 6.20 Å². The van der Waals surface area contributed by atoms with Gasteiger partial charge in [0.05, 0.1) is 11.3 Å². The molecule has 0 aromatic carbocycles. The number of hydrogen-bond acceptors (Lipinski definition) is 6. The van der Waals surface area contributed by atoms with Crippen LogP contribution in [0.15, 0.2) is 12.3 Å². The molecular weight excluding hydrogens is 326 g/mol. The lowest BCUT2D eigenvalue weighted by Gasteiger charge is -2.34. The van der Waals surface area contributed by atoms with E-state index in [1.807, 2.05) is 18.7 Å². The van der Waals surface area contributed by atoms with E-state index >= 15 is 0 Å². The number of anilines is 1. The molecular formula is C17H25N3O5. The molecule has 0 spiro atoms. The van der Waals surface area contributed by atoms with E-state index in [9.17, 15) is 14.9 Å². The Morgan fingerprint density at radius 3 is 2.68 bits per heavy atom. The average molecular weight is 351 g/mol. The number of carboxylic acids is 1. The Balaban J connectivity index is 2.37. The number of rotatable bonds is 8. The summed E-state index contributed by atoms with van der Waals surface area (Å²) in [5.74, 6) is -0.847. The standard InChI is InChI=1S/C17H25N3O5/c1-3-12(10-16(21)22)13-9-15(20(23)24)17(18-11-13)19(4-2)14-5-7-25-8-6-14/h9,11-12,14H,3-8,10H2,1-2H3,(H,21,22). The fourth-order valence-electron chi connectivity index (χ4n) is 3.33. The smallest absolute Gasteiger partial charge is 0.311 e. The Morgan fingerprint density at radius 2 is 2.16 bits per heavy atom. The molecule has 1 aromatic heterocycles. The monoisotopic (exact) mass is 351 g/mol. The number of hydrogen-bond donors (Lipinski definition) is 1. The Labute approximate surface area is 147 Å². The summed E-state index contributed by atoms with van der Waals surface area (Å²) in [4.78, 5) is 28.5. The first-order valence-electron chi connectivity index (χ1n) is 8.68. The van der Waals surface area contributed by atoms with Crippen molar-refractivity contribution in [1.29, 1.82) is 0 Å². The van der Waals surface area contributed by atoms with E-state index in [0.29, 0.717) is 37.6 Å². The van der Waals surface area contributed by atoms with E-state index in [2.05, 4.69) is 4.98 Å². The van der Waals surface area contributed by atoms with Gasteiger partial charge in [0, 0.05) is 38.1 Å². The van der Waals surface area contributed by atoms with E-state index in [-0.39, 0.29) is 24.1 Å². The number of aliphatic carboxylic acids is 1. The molecule has 0 radical (unpaired) electrons. The number of carbonyl (C=O) groups is 1. The number of nitrogens with zero attached hydrogens (tertiary/aromatic N) is 3. The second-order valence-corrected chi connectivity index (χ2v) is 6.20. The maximum absolute atomic E-state index is 11.6. The quantitative estimate of drug-likeness (QED) is 0.567. The topological polar surface area (TPSA) is 106 Å². The van der Waals surface area contributed by atoms with Gasteiger partial charge in [0.2, 0.25) is 5.82 Å². The molecule has 0 amide bonds. The van der Waals surface area contributed by atoms with Crippen molar-refractivity contribution in [3.8, 4) is 0 Å². The van der Waals surface area contributed by atoms with Crippen molar-refractivity contribution in [2.75, 3.05) is 24.7 Å². The largest absolute Gasteiger partial charge is 0.481 e. The maximum atomic E-state index is 11.6. The van der Waals surface area contributed by atoms with Crippen molar-refractivity contribution < 1.29 is 19.6 Å². The second-order valence-electron chi connectivity index (χ2n) is 6.20. The molecule has 1 aliphatic rings. The molecule has 25 heavy (non-hydrogen) atoms. The van der Waals surface area contributed by atoms with Gasteiger partial charge in [-0.2, -0.15) is 0 Å². The van der Waals surface area contributed by atoms with Crippen molar-refractivity contribution in [2.45, 2.75) is 51.5 Å². The molecule has 1 atom stereocenters. The van der Waals surface area contributed by atoms with E-state index < -0.39 is 10.9 Å². The van der Waals surface area contributed by atoms with Gasteiger partial charge in [-0.15, -0.1) is 0 Å². The zero-order valence-electron chi connectivity index (χ0n) is 14.7. The number of nitro groups is 1. The summed E-state index contributed by atoms with van der Waals surface area (Å²) < 4.78 is 5.37. The highest BCUT2D eigenvalue weighted by molar-refractivity contribution is 5.68. The molecule has 1 fully saturated rings. The molecule has 1 aromatic rings. The summed E-state index contributed by atoms with van der Waals surface area (Å²) in [7, 11) is 0. The normalized spacial score (nSPS) is 16.4. The predicted octanol–water partition coefficient (Wildman–Crippen LogP) is 2.96. The fourth-order valence-corrected chi connectivity index (χ4v) is 3.33. The number of carboxylic acid groups (broad SMARTS) is 1. The highest BCUT2D eigenvalue weighted by Gasteiger charge is 2.29. The highest BCUT2D eigenvalue weighted by atomic mass is 16.6. The Morgan fingerprint density at radius 1 is 1.48 bits per heavy atom. The van der Waals surface area contributed by atoms with Crippen molar-refractivity contribution in [2.24, 2.45) is 0 Å². The third kappa shape index (κ3) is 4.66. The van der Waals surface area contributed by atoms with Crippen LogP contribution in [0.4, 0.5) is 11.5 Å². The zero-order valence-corrected chi connectivity index (χ0v) is 14.7.